The second-order valence-electron chi connectivity index (χ2n) is 3.58. The Bertz CT molecular complexity index is 626. The molecule has 1 aromatic heterocycles. The van der Waals surface area contributed by atoms with Crippen molar-refractivity contribution in [3.05, 3.63) is 33.4 Å². The van der Waals surface area contributed by atoms with Gasteiger partial charge in [-0.05, 0) is 28.1 Å². The van der Waals surface area contributed by atoms with Crippen molar-refractivity contribution in [1.82, 2.24) is 9.78 Å². The van der Waals surface area contributed by atoms with Crippen LogP contribution in [-0.4, -0.2) is 16.9 Å². The van der Waals surface area contributed by atoms with E-state index >= 15 is 0 Å². The molecule has 92 valence electrons. The van der Waals surface area contributed by atoms with Gasteiger partial charge in [-0.3, -0.25) is 4.68 Å². The van der Waals surface area contributed by atoms with Gasteiger partial charge < -0.3 is 4.74 Å². The summed E-state index contributed by atoms with van der Waals surface area (Å²) in [5.41, 5.74) is 1.89. The van der Waals surface area contributed by atoms with Crippen LogP contribution in [0.1, 0.15) is 5.56 Å². The summed E-state index contributed by atoms with van der Waals surface area (Å²) in [5, 5.41) is 13.7. The van der Waals surface area contributed by atoms with Gasteiger partial charge in [-0.1, -0.05) is 11.6 Å². The van der Waals surface area contributed by atoms with E-state index in [0.29, 0.717) is 16.3 Å². The third-order valence-corrected chi connectivity index (χ3v) is 3.54. The average Bonchev–Trinajstić information content (AvgIpc) is 2.69. The number of rotatable bonds is 2. The minimum atomic E-state index is 0.311. The molecule has 4 nitrogen and oxygen atoms in total. The molecule has 0 unspecified atom stereocenters. The number of ether oxygens (including phenoxy) is 1. The van der Waals surface area contributed by atoms with Crippen LogP contribution in [0.4, 0.5) is 0 Å². The van der Waals surface area contributed by atoms with E-state index in [1.54, 1.807) is 30.1 Å². The van der Waals surface area contributed by atoms with Crippen LogP contribution in [0.15, 0.2) is 22.8 Å². The molecule has 0 saturated heterocycles. The van der Waals surface area contributed by atoms with E-state index in [9.17, 15) is 5.26 Å². The molecule has 0 radical (unpaired) electrons. The number of nitrogens with zero attached hydrogens (tertiary/aromatic N) is 3. The third-order valence-electron chi connectivity index (χ3n) is 2.59. The molecule has 0 amide bonds. The van der Waals surface area contributed by atoms with Crippen molar-refractivity contribution in [2.75, 3.05) is 7.11 Å². The van der Waals surface area contributed by atoms with Crippen molar-refractivity contribution >= 4 is 27.5 Å². The highest BCUT2D eigenvalue weighted by Gasteiger charge is 2.18. The highest BCUT2D eigenvalue weighted by molar-refractivity contribution is 9.10. The number of methoxy groups -OCH3 is 1. The normalized spacial score (nSPS) is 10.2. The quantitative estimate of drug-likeness (QED) is 0.850. The Morgan fingerprint density at radius 1 is 1.50 bits per heavy atom. The highest BCUT2D eigenvalue weighted by Crippen LogP contribution is 2.37. The molecule has 0 N–H and O–H groups in total. The summed E-state index contributed by atoms with van der Waals surface area (Å²) in [6.45, 7) is 0. The summed E-state index contributed by atoms with van der Waals surface area (Å²) in [5.74, 6) is 0.482. The van der Waals surface area contributed by atoms with Crippen LogP contribution in [-0.2, 0) is 7.05 Å². The minimum Gasteiger partial charge on any atom is -0.495 e. The third kappa shape index (κ3) is 1.98. The van der Waals surface area contributed by atoms with E-state index in [1.165, 1.54) is 7.11 Å². The largest absolute Gasteiger partial charge is 0.495 e. The Balaban J connectivity index is 2.74. The molecule has 0 aliphatic carbocycles. The number of benzene rings is 1. The van der Waals surface area contributed by atoms with Gasteiger partial charge in [-0.15, -0.1) is 0 Å². The van der Waals surface area contributed by atoms with Gasteiger partial charge in [0.15, 0.2) is 0 Å². The number of nitriles is 1. The summed E-state index contributed by atoms with van der Waals surface area (Å²) in [6.07, 6.45) is 1.68. The minimum absolute atomic E-state index is 0.311. The summed E-state index contributed by atoms with van der Waals surface area (Å²) >= 11 is 9.55. The lowest BCUT2D eigenvalue weighted by atomic mass is 10.0. The van der Waals surface area contributed by atoms with Crippen LogP contribution in [0, 0.1) is 11.3 Å². The van der Waals surface area contributed by atoms with Crippen LogP contribution in [0.25, 0.3) is 11.3 Å². The van der Waals surface area contributed by atoms with Crippen molar-refractivity contribution in [2.24, 2.45) is 7.05 Å². The second kappa shape index (κ2) is 5.01. The van der Waals surface area contributed by atoms with E-state index in [2.05, 4.69) is 27.1 Å². The predicted octanol–water partition coefficient (Wildman–Crippen LogP) is 3.38. The first kappa shape index (κ1) is 12.9. The molecular weight excluding hydrogens is 318 g/mol. The van der Waals surface area contributed by atoms with E-state index in [4.69, 9.17) is 16.3 Å². The van der Waals surface area contributed by atoms with Gasteiger partial charge in [0, 0.05) is 12.6 Å². The highest BCUT2D eigenvalue weighted by atomic mass is 79.9. The van der Waals surface area contributed by atoms with Gasteiger partial charge >= 0.3 is 0 Å². The fraction of sp³-hybridized carbons (Fsp3) is 0.167. The molecule has 0 aliphatic rings. The standard InChI is InChI=1S/C12H9BrClN3O/c1-17-12(9(13)6-16-17)7-3-4-10(18-2)11(14)8(7)5-15/h3-4,6H,1-2H3. The van der Waals surface area contributed by atoms with Crippen molar-refractivity contribution in [2.45, 2.75) is 0 Å². The number of halogens is 2. The van der Waals surface area contributed by atoms with Crippen LogP contribution < -0.4 is 4.74 Å². The molecule has 6 heteroatoms. The fourth-order valence-corrected chi connectivity index (χ4v) is 2.58. The van der Waals surface area contributed by atoms with Crippen molar-refractivity contribution in [3.8, 4) is 23.1 Å². The summed E-state index contributed by atoms with van der Waals surface area (Å²) in [4.78, 5) is 0. The van der Waals surface area contributed by atoms with Gasteiger partial charge in [0.1, 0.15) is 16.8 Å². The number of hydrogen-bond donors (Lipinski definition) is 0. The zero-order valence-corrected chi connectivity index (χ0v) is 12.1. The summed E-state index contributed by atoms with van der Waals surface area (Å²) < 4.78 is 7.59. The maximum Gasteiger partial charge on any atom is 0.138 e. The molecule has 2 rings (SSSR count). The zero-order chi connectivity index (χ0) is 13.3. The van der Waals surface area contributed by atoms with E-state index in [-0.39, 0.29) is 0 Å². The first-order valence-corrected chi connectivity index (χ1v) is 6.21. The molecule has 2 aromatic rings. The Kier molecular flexibility index (Phi) is 3.60. The van der Waals surface area contributed by atoms with Crippen molar-refractivity contribution in [1.29, 1.82) is 5.26 Å². The number of hydrogen-bond acceptors (Lipinski definition) is 3. The molecule has 0 bridgehead atoms. The topological polar surface area (TPSA) is 50.8 Å². The monoisotopic (exact) mass is 325 g/mol. The van der Waals surface area contributed by atoms with Crippen LogP contribution in [0.3, 0.4) is 0 Å². The maximum atomic E-state index is 9.26. The molecule has 0 atom stereocenters. The number of aromatic nitrogens is 2. The smallest absolute Gasteiger partial charge is 0.138 e. The fourth-order valence-electron chi connectivity index (χ4n) is 1.73. The molecule has 0 spiro atoms. The summed E-state index contributed by atoms with van der Waals surface area (Å²) in [7, 11) is 3.32. The lowest BCUT2D eigenvalue weighted by molar-refractivity contribution is 0.415. The summed E-state index contributed by atoms with van der Waals surface area (Å²) in [6, 6.07) is 5.64. The van der Waals surface area contributed by atoms with Crippen molar-refractivity contribution in [3.63, 3.8) is 0 Å². The van der Waals surface area contributed by atoms with Gasteiger partial charge in [-0.25, -0.2) is 0 Å². The molecule has 0 fully saturated rings. The van der Waals surface area contributed by atoms with Gasteiger partial charge in [0.05, 0.1) is 29.0 Å². The average molecular weight is 327 g/mol. The maximum absolute atomic E-state index is 9.26. The molecule has 0 saturated carbocycles. The Morgan fingerprint density at radius 3 is 2.72 bits per heavy atom. The van der Waals surface area contributed by atoms with Gasteiger partial charge in [0.25, 0.3) is 0 Å². The SMILES string of the molecule is COc1ccc(-c2c(Br)cnn2C)c(C#N)c1Cl. The van der Waals surface area contributed by atoms with Crippen molar-refractivity contribution < 1.29 is 4.74 Å². The van der Waals surface area contributed by atoms with E-state index < -0.39 is 0 Å². The first-order chi connectivity index (χ1) is 8.60. The second-order valence-corrected chi connectivity index (χ2v) is 4.81. The molecule has 18 heavy (non-hydrogen) atoms. The van der Waals surface area contributed by atoms with Crippen LogP contribution in [0.5, 0.6) is 5.75 Å². The predicted molar refractivity (Wildman–Crippen MR) is 72.6 cm³/mol. The Labute approximate surface area is 118 Å². The molecule has 1 heterocycles. The number of aryl methyl sites for hydroxylation is 1. The van der Waals surface area contributed by atoms with Crippen LogP contribution >= 0.6 is 27.5 Å². The first-order valence-electron chi connectivity index (χ1n) is 5.04. The lowest BCUT2D eigenvalue weighted by Gasteiger charge is -2.10. The van der Waals surface area contributed by atoms with Crippen LogP contribution in [0.2, 0.25) is 5.02 Å². The lowest BCUT2D eigenvalue weighted by Crippen LogP contribution is -1.97. The zero-order valence-electron chi connectivity index (χ0n) is 9.74. The van der Waals surface area contributed by atoms with E-state index in [0.717, 1.165) is 15.7 Å². The van der Waals surface area contributed by atoms with E-state index in [1.807, 2.05) is 0 Å². The Hall–Kier alpha value is -1.51. The van der Waals surface area contributed by atoms with Gasteiger partial charge in [0.2, 0.25) is 0 Å². The molecule has 1 aromatic carbocycles. The Morgan fingerprint density at radius 2 is 2.22 bits per heavy atom. The molecule has 0 aliphatic heterocycles. The van der Waals surface area contributed by atoms with Gasteiger partial charge in [-0.2, -0.15) is 10.4 Å². The molecular formula is C12H9BrClN3O.